The van der Waals surface area contributed by atoms with Gasteiger partial charge in [0.05, 0.1) is 5.60 Å². The summed E-state index contributed by atoms with van der Waals surface area (Å²) in [5, 5.41) is 10.9. The van der Waals surface area contributed by atoms with Crippen LogP contribution >= 0.6 is 12.6 Å². The largest absolute Gasteiger partial charge is 0.389 e. The number of thiol groups is 1. The van der Waals surface area contributed by atoms with Gasteiger partial charge >= 0.3 is 0 Å². The van der Waals surface area contributed by atoms with Crippen molar-refractivity contribution < 1.29 is 5.11 Å². The average Bonchev–Trinajstić information content (AvgIpc) is 2.36. The van der Waals surface area contributed by atoms with Crippen LogP contribution in [0.1, 0.15) is 52.9 Å². The highest BCUT2D eigenvalue weighted by molar-refractivity contribution is 7.81. The van der Waals surface area contributed by atoms with E-state index in [1.165, 1.54) is 24.8 Å². The number of hydrogen-bond acceptors (Lipinski definition) is 2. The van der Waals surface area contributed by atoms with Crippen molar-refractivity contribution in [2.45, 2.75) is 63.7 Å². The van der Waals surface area contributed by atoms with Crippen LogP contribution in [0.15, 0.2) is 12.2 Å². The minimum absolute atomic E-state index is 0.138. The van der Waals surface area contributed by atoms with Crippen LogP contribution < -0.4 is 0 Å². The SMILES string of the molecule is C=C1CCC(C2C(C)CC(S)C2(C)O)CC(C)C1. The molecule has 2 rings (SSSR count). The van der Waals surface area contributed by atoms with Gasteiger partial charge in [-0.2, -0.15) is 12.6 Å². The molecule has 0 spiro atoms. The second kappa shape index (κ2) is 5.20. The molecule has 0 aliphatic heterocycles. The molecule has 18 heavy (non-hydrogen) atoms. The van der Waals surface area contributed by atoms with Crippen molar-refractivity contribution in [3.05, 3.63) is 12.2 Å². The van der Waals surface area contributed by atoms with Crippen molar-refractivity contribution in [3.63, 3.8) is 0 Å². The van der Waals surface area contributed by atoms with Gasteiger partial charge in [-0.3, -0.25) is 0 Å². The summed E-state index contributed by atoms with van der Waals surface area (Å²) in [5.74, 6) is 2.35. The van der Waals surface area contributed by atoms with Gasteiger partial charge in [0.15, 0.2) is 0 Å². The van der Waals surface area contributed by atoms with Gasteiger partial charge in [-0.25, -0.2) is 0 Å². The first kappa shape index (κ1) is 14.5. The molecule has 0 bridgehead atoms. The molecule has 6 unspecified atom stereocenters. The van der Waals surface area contributed by atoms with Crippen molar-refractivity contribution >= 4 is 12.6 Å². The highest BCUT2D eigenvalue weighted by Gasteiger charge is 2.51. The Morgan fingerprint density at radius 2 is 2.00 bits per heavy atom. The van der Waals surface area contributed by atoms with Crippen molar-refractivity contribution in [2.24, 2.45) is 23.7 Å². The second-order valence-electron chi connectivity index (χ2n) is 7.07. The lowest BCUT2D eigenvalue weighted by atomic mass is 9.73. The first-order chi connectivity index (χ1) is 8.32. The molecular formula is C16H28OS. The van der Waals surface area contributed by atoms with E-state index in [0.717, 1.165) is 12.8 Å². The van der Waals surface area contributed by atoms with E-state index in [4.69, 9.17) is 0 Å². The fourth-order valence-corrected chi connectivity index (χ4v) is 5.01. The normalized spacial score (nSPS) is 50.3. The van der Waals surface area contributed by atoms with Gasteiger partial charge in [-0.15, -0.1) is 0 Å². The van der Waals surface area contributed by atoms with E-state index < -0.39 is 5.60 Å². The topological polar surface area (TPSA) is 20.2 Å². The molecule has 0 aromatic rings. The molecule has 2 fully saturated rings. The zero-order chi connectivity index (χ0) is 13.5. The van der Waals surface area contributed by atoms with Gasteiger partial charge in [0.25, 0.3) is 0 Å². The molecule has 2 heteroatoms. The molecule has 0 radical (unpaired) electrons. The van der Waals surface area contributed by atoms with Crippen LogP contribution in [0.4, 0.5) is 0 Å². The molecule has 0 aromatic carbocycles. The summed E-state index contributed by atoms with van der Waals surface area (Å²) in [6, 6.07) is 0. The quantitative estimate of drug-likeness (QED) is 0.417. The molecule has 6 atom stereocenters. The van der Waals surface area contributed by atoms with Gasteiger partial charge in [-0.1, -0.05) is 26.0 Å². The maximum absolute atomic E-state index is 10.8. The predicted molar refractivity (Wildman–Crippen MR) is 80.9 cm³/mol. The van der Waals surface area contributed by atoms with Crippen LogP contribution in [-0.2, 0) is 0 Å². The standard InChI is InChI=1S/C16H28OS/c1-10-5-6-13(8-11(2)7-10)15-12(3)9-14(18)16(15,4)17/h11-15,17-18H,1,5-9H2,2-4H3. The van der Waals surface area contributed by atoms with E-state index >= 15 is 0 Å². The fraction of sp³-hybridized carbons (Fsp3) is 0.875. The molecule has 2 aliphatic carbocycles. The van der Waals surface area contributed by atoms with Crippen LogP contribution in [0.2, 0.25) is 0 Å². The van der Waals surface area contributed by atoms with E-state index in [1.807, 2.05) is 6.92 Å². The summed E-state index contributed by atoms with van der Waals surface area (Å²) in [5.41, 5.74) is 0.802. The number of hydrogen-bond donors (Lipinski definition) is 2. The maximum atomic E-state index is 10.8. The van der Waals surface area contributed by atoms with Crippen molar-refractivity contribution in [1.29, 1.82) is 0 Å². The minimum Gasteiger partial charge on any atom is -0.389 e. The van der Waals surface area contributed by atoms with Gasteiger partial charge in [-0.05, 0) is 62.7 Å². The lowest BCUT2D eigenvalue weighted by Crippen LogP contribution is -2.42. The Balaban J connectivity index is 2.17. The third-order valence-corrected chi connectivity index (χ3v) is 6.01. The minimum atomic E-state index is -0.599. The van der Waals surface area contributed by atoms with Crippen LogP contribution in [0.5, 0.6) is 0 Å². The summed E-state index contributed by atoms with van der Waals surface area (Å²) in [6.45, 7) is 10.8. The Labute approximate surface area is 117 Å². The Bertz CT molecular complexity index is 323. The summed E-state index contributed by atoms with van der Waals surface area (Å²) in [6.07, 6.45) is 5.81. The number of rotatable bonds is 1. The first-order valence-corrected chi connectivity index (χ1v) is 7.91. The van der Waals surface area contributed by atoms with E-state index in [0.29, 0.717) is 23.7 Å². The van der Waals surface area contributed by atoms with E-state index in [2.05, 4.69) is 33.1 Å². The van der Waals surface area contributed by atoms with Gasteiger partial charge in [0.1, 0.15) is 0 Å². The van der Waals surface area contributed by atoms with E-state index in [9.17, 15) is 5.11 Å². The summed E-state index contributed by atoms with van der Waals surface area (Å²) in [4.78, 5) is 0. The first-order valence-electron chi connectivity index (χ1n) is 7.39. The lowest BCUT2D eigenvalue weighted by Gasteiger charge is -2.37. The third-order valence-electron chi connectivity index (χ3n) is 5.28. The zero-order valence-electron chi connectivity index (χ0n) is 12.0. The molecular weight excluding hydrogens is 240 g/mol. The maximum Gasteiger partial charge on any atom is 0.0768 e. The second-order valence-corrected chi connectivity index (χ2v) is 7.70. The molecule has 0 aromatic heterocycles. The fourth-order valence-electron chi connectivity index (χ4n) is 4.51. The van der Waals surface area contributed by atoms with Crippen molar-refractivity contribution in [2.75, 3.05) is 0 Å². The molecule has 104 valence electrons. The van der Waals surface area contributed by atoms with Crippen molar-refractivity contribution in [3.8, 4) is 0 Å². The van der Waals surface area contributed by atoms with Crippen LogP contribution in [0, 0.1) is 23.7 Å². The Morgan fingerprint density at radius 3 is 2.56 bits per heavy atom. The van der Waals surface area contributed by atoms with E-state index in [1.54, 1.807) is 0 Å². The average molecular weight is 268 g/mol. The van der Waals surface area contributed by atoms with Gasteiger partial charge in [0, 0.05) is 5.25 Å². The van der Waals surface area contributed by atoms with Gasteiger partial charge in [0.2, 0.25) is 0 Å². The summed E-state index contributed by atoms with van der Waals surface area (Å²) < 4.78 is 0. The lowest BCUT2D eigenvalue weighted by molar-refractivity contribution is -0.0166. The smallest absolute Gasteiger partial charge is 0.0768 e. The van der Waals surface area contributed by atoms with Gasteiger partial charge < -0.3 is 5.11 Å². The monoisotopic (exact) mass is 268 g/mol. The Hall–Kier alpha value is 0.0500. The van der Waals surface area contributed by atoms with Crippen LogP contribution in [0.25, 0.3) is 0 Å². The molecule has 0 saturated heterocycles. The Morgan fingerprint density at radius 1 is 1.33 bits per heavy atom. The summed E-state index contributed by atoms with van der Waals surface area (Å²) >= 11 is 4.61. The molecule has 1 N–H and O–H groups in total. The molecule has 1 nitrogen and oxygen atoms in total. The number of allylic oxidation sites excluding steroid dienone is 1. The number of aliphatic hydroxyl groups is 1. The molecule has 0 amide bonds. The predicted octanol–water partition coefficient (Wildman–Crippen LogP) is 4.07. The highest BCUT2D eigenvalue weighted by Crippen LogP contribution is 2.50. The molecule has 0 heterocycles. The molecule has 2 aliphatic rings. The van der Waals surface area contributed by atoms with Crippen LogP contribution in [0.3, 0.4) is 0 Å². The van der Waals surface area contributed by atoms with Crippen molar-refractivity contribution in [1.82, 2.24) is 0 Å². The summed E-state index contributed by atoms with van der Waals surface area (Å²) in [7, 11) is 0. The highest BCUT2D eigenvalue weighted by atomic mass is 32.1. The van der Waals surface area contributed by atoms with E-state index in [-0.39, 0.29) is 5.25 Å². The molecule has 2 saturated carbocycles. The Kier molecular flexibility index (Phi) is 4.18. The zero-order valence-corrected chi connectivity index (χ0v) is 12.9. The third kappa shape index (κ3) is 2.65. The van der Waals surface area contributed by atoms with Crippen LogP contribution in [-0.4, -0.2) is 16.0 Å².